The van der Waals surface area contributed by atoms with E-state index in [9.17, 15) is 14.4 Å². The summed E-state index contributed by atoms with van der Waals surface area (Å²) in [7, 11) is 1.25. The topological polar surface area (TPSA) is 93.5 Å². The molecule has 0 saturated heterocycles. The number of carbonyl (C=O) groups excluding carboxylic acids is 3. The van der Waals surface area contributed by atoms with Crippen molar-refractivity contribution >= 4 is 23.5 Å². The number of rotatable bonds is 4. The predicted octanol–water partition coefficient (Wildman–Crippen LogP) is 3.15. The SMILES string of the molecule is COC(=O)c1ncn2c1C(=O)N(c1cc(C)cc(C)c1)C(C)(C(=O)NC1CCCCC1)C2. The van der Waals surface area contributed by atoms with Crippen molar-refractivity contribution < 1.29 is 19.1 Å². The second-order valence-electron chi connectivity index (χ2n) is 9.13. The normalized spacial score (nSPS) is 21.2. The summed E-state index contributed by atoms with van der Waals surface area (Å²) in [4.78, 5) is 45.4. The average molecular weight is 439 g/mol. The van der Waals surface area contributed by atoms with Crippen LogP contribution in [-0.2, 0) is 16.1 Å². The van der Waals surface area contributed by atoms with E-state index < -0.39 is 17.4 Å². The molecule has 2 aromatic rings. The molecule has 0 spiro atoms. The maximum atomic E-state index is 13.8. The number of ether oxygens (including phenoxy) is 1. The van der Waals surface area contributed by atoms with Gasteiger partial charge in [-0.2, -0.15) is 0 Å². The van der Waals surface area contributed by atoms with Gasteiger partial charge >= 0.3 is 5.97 Å². The first-order chi connectivity index (χ1) is 15.2. The summed E-state index contributed by atoms with van der Waals surface area (Å²) in [5, 5.41) is 3.19. The first-order valence-corrected chi connectivity index (χ1v) is 11.1. The Labute approximate surface area is 187 Å². The van der Waals surface area contributed by atoms with Crippen LogP contribution < -0.4 is 10.2 Å². The smallest absolute Gasteiger partial charge is 0.359 e. The monoisotopic (exact) mass is 438 g/mol. The van der Waals surface area contributed by atoms with E-state index >= 15 is 0 Å². The van der Waals surface area contributed by atoms with Crippen LogP contribution in [0.5, 0.6) is 0 Å². The molecule has 2 aliphatic rings. The number of methoxy groups -OCH3 is 1. The highest BCUT2D eigenvalue weighted by atomic mass is 16.5. The molecular formula is C24H30N4O4. The molecule has 1 N–H and O–H groups in total. The van der Waals surface area contributed by atoms with E-state index in [1.807, 2.05) is 32.0 Å². The highest BCUT2D eigenvalue weighted by molar-refractivity contribution is 6.15. The van der Waals surface area contributed by atoms with Crippen LogP contribution in [0.25, 0.3) is 0 Å². The molecule has 2 amide bonds. The van der Waals surface area contributed by atoms with Crippen molar-refractivity contribution in [1.82, 2.24) is 14.9 Å². The molecule has 1 aromatic heterocycles. The fraction of sp³-hybridized carbons (Fsp3) is 0.500. The summed E-state index contributed by atoms with van der Waals surface area (Å²) in [5.41, 5.74) is 1.50. The summed E-state index contributed by atoms with van der Waals surface area (Å²) >= 11 is 0. The van der Waals surface area contributed by atoms with Crippen molar-refractivity contribution in [1.29, 1.82) is 0 Å². The first kappa shape index (κ1) is 22.0. The Morgan fingerprint density at radius 3 is 2.41 bits per heavy atom. The number of benzene rings is 1. The van der Waals surface area contributed by atoms with Gasteiger partial charge in [0.05, 0.1) is 20.0 Å². The summed E-state index contributed by atoms with van der Waals surface area (Å²) in [6, 6.07) is 5.91. The van der Waals surface area contributed by atoms with Gasteiger partial charge in [0, 0.05) is 11.7 Å². The third kappa shape index (κ3) is 3.78. The third-order valence-electron chi connectivity index (χ3n) is 6.49. The summed E-state index contributed by atoms with van der Waals surface area (Å²) in [6.07, 6.45) is 6.70. The first-order valence-electron chi connectivity index (χ1n) is 11.1. The van der Waals surface area contributed by atoms with E-state index in [1.165, 1.54) is 24.8 Å². The summed E-state index contributed by atoms with van der Waals surface area (Å²) < 4.78 is 6.41. The highest BCUT2D eigenvalue weighted by Gasteiger charge is 2.50. The van der Waals surface area contributed by atoms with E-state index in [0.717, 1.165) is 36.8 Å². The summed E-state index contributed by atoms with van der Waals surface area (Å²) in [6.45, 7) is 5.87. The number of aryl methyl sites for hydroxylation is 2. The van der Waals surface area contributed by atoms with E-state index in [0.29, 0.717) is 5.69 Å². The van der Waals surface area contributed by atoms with Crippen LogP contribution >= 0.6 is 0 Å². The molecule has 1 atom stereocenters. The Bertz CT molecular complexity index is 1050. The number of nitrogens with zero attached hydrogens (tertiary/aromatic N) is 3. The quantitative estimate of drug-likeness (QED) is 0.740. The van der Waals surface area contributed by atoms with Crippen LogP contribution in [0.1, 0.15) is 71.1 Å². The van der Waals surface area contributed by atoms with Crippen molar-refractivity contribution in [3.05, 3.63) is 47.0 Å². The number of carbonyl (C=O) groups is 3. The van der Waals surface area contributed by atoms with Gasteiger partial charge in [0.2, 0.25) is 5.91 Å². The lowest BCUT2D eigenvalue weighted by molar-refractivity contribution is -0.127. The van der Waals surface area contributed by atoms with Crippen molar-refractivity contribution in [2.24, 2.45) is 0 Å². The van der Waals surface area contributed by atoms with Crippen LogP contribution in [0.4, 0.5) is 5.69 Å². The van der Waals surface area contributed by atoms with Gasteiger partial charge in [-0.25, -0.2) is 9.78 Å². The molecule has 0 bridgehead atoms. The van der Waals surface area contributed by atoms with E-state index in [-0.39, 0.29) is 29.9 Å². The molecule has 0 radical (unpaired) electrons. The number of imidazole rings is 1. The zero-order valence-corrected chi connectivity index (χ0v) is 19.1. The largest absolute Gasteiger partial charge is 0.464 e. The molecule has 32 heavy (non-hydrogen) atoms. The van der Waals surface area contributed by atoms with Crippen molar-refractivity contribution in [3.8, 4) is 0 Å². The zero-order valence-electron chi connectivity index (χ0n) is 19.1. The molecular weight excluding hydrogens is 408 g/mol. The second-order valence-corrected chi connectivity index (χ2v) is 9.13. The Balaban J connectivity index is 1.81. The van der Waals surface area contributed by atoms with Crippen LogP contribution in [0, 0.1) is 13.8 Å². The molecule has 8 heteroatoms. The minimum absolute atomic E-state index is 0.0402. The van der Waals surface area contributed by atoms with E-state index in [1.54, 1.807) is 11.5 Å². The zero-order chi connectivity index (χ0) is 23.0. The van der Waals surface area contributed by atoms with Gasteiger partial charge in [0.15, 0.2) is 5.69 Å². The second kappa shape index (κ2) is 8.41. The molecule has 8 nitrogen and oxygen atoms in total. The predicted molar refractivity (Wildman–Crippen MR) is 120 cm³/mol. The lowest BCUT2D eigenvalue weighted by Crippen LogP contribution is -2.65. The molecule has 1 aliphatic carbocycles. The minimum Gasteiger partial charge on any atom is -0.464 e. The van der Waals surface area contributed by atoms with Gasteiger partial charge in [-0.1, -0.05) is 25.3 Å². The summed E-state index contributed by atoms with van der Waals surface area (Å²) in [5.74, 6) is -1.32. The van der Waals surface area contributed by atoms with Gasteiger partial charge in [-0.05, 0) is 56.9 Å². The maximum absolute atomic E-state index is 13.8. The van der Waals surface area contributed by atoms with E-state index in [2.05, 4.69) is 10.3 Å². The van der Waals surface area contributed by atoms with Gasteiger partial charge < -0.3 is 14.6 Å². The standard InChI is InChI=1S/C24H30N4O4/c1-15-10-16(2)12-18(11-15)28-21(29)20-19(22(30)32-4)25-14-27(20)13-24(28,3)23(31)26-17-8-6-5-7-9-17/h10-12,14,17H,5-9,13H2,1-4H3,(H,26,31). The Kier molecular flexibility index (Phi) is 5.79. The minimum atomic E-state index is -1.18. The number of hydrogen-bond donors (Lipinski definition) is 1. The van der Waals surface area contributed by atoms with Crippen LogP contribution in [-0.4, -0.2) is 46.0 Å². The Hall–Kier alpha value is -3.16. The highest BCUT2D eigenvalue weighted by Crippen LogP contribution is 2.35. The van der Waals surface area contributed by atoms with Crippen molar-refractivity contribution in [2.75, 3.05) is 12.0 Å². The fourth-order valence-corrected chi connectivity index (χ4v) is 4.95. The van der Waals surface area contributed by atoms with Gasteiger partial charge in [-0.3, -0.25) is 14.5 Å². The molecule has 4 rings (SSSR count). The van der Waals surface area contributed by atoms with Gasteiger partial charge in [0.1, 0.15) is 11.2 Å². The number of fused-ring (bicyclic) bond motifs is 1. The number of amides is 2. The Morgan fingerprint density at radius 2 is 1.78 bits per heavy atom. The maximum Gasteiger partial charge on any atom is 0.359 e. The van der Waals surface area contributed by atoms with Crippen molar-refractivity contribution in [3.63, 3.8) is 0 Å². The molecule has 1 saturated carbocycles. The third-order valence-corrected chi connectivity index (χ3v) is 6.49. The Morgan fingerprint density at radius 1 is 1.12 bits per heavy atom. The van der Waals surface area contributed by atoms with Crippen LogP contribution in [0.15, 0.2) is 24.5 Å². The molecule has 170 valence electrons. The van der Waals surface area contributed by atoms with Gasteiger partial charge in [0.25, 0.3) is 5.91 Å². The number of aromatic nitrogens is 2. The number of esters is 1. The lowest BCUT2D eigenvalue weighted by Gasteiger charge is -2.44. The number of hydrogen-bond acceptors (Lipinski definition) is 5. The van der Waals surface area contributed by atoms with Crippen molar-refractivity contribution in [2.45, 2.75) is 71.0 Å². The lowest BCUT2D eigenvalue weighted by atomic mass is 9.90. The molecule has 1 aliphatic heterocycles. The molecule has 1 fully saturated rings. The molecule has 1 unspecified atom stereocenters. The van der Waals surface area contributed by atoms with E-state index in [4.69, 9.17) is 4.74 Å². The number of nitrogens with one attached hydrogen (secondary N) is 1. The molecule has 1 aromatic carbocycles. The van der Waals surface area contributed by atoms with Crippen LogP contribution in [0.2, 0.25) is 0 Å². The number of anilines is 1. The fourth-order valence-electron chi connectivity index (χ4n) is 4.95. The van der Waals surface area contributed by atoms with Gasteiger partial charge in [-0.15, -0.1) is 0 Å². The molecule has 2 heterocycles. The van der Waals surface area contributed by atoms with Crippen LogP contribution in [0.3, 0.4) is 0 Å². The average Bonchev–Trinajstić information content (AvgIpc) is 3.17.